The average molecular weight is 565 g/mol. The molecule has 1 aromatic rings. The van der Waals surface area contributed by atoms with Crippen LogP contribution in [0.3, 0.4) is 0 Å². The summed E-state index contributed by atoms with van der Waals surface area (Å²) in [7, 11) is 1.74. The number of hydrogen-bond donors (Lipinski definition) is 0. The fourth-order valence-electron chi connectivity index (χ4n) is 9.69. The average Bonchev–Trinajstić information content (AvgIpc) is 3.30. The van der Waals surface area contributed by atoms with Crippen LogP contribution in [0.15, 0.2) is 12.1 Å². The van der Waals surface area contributed by atoms with Gasteiger partial charge in [-0.2, -0.15) is 0 Å². The zero-order valence-electron chi connectivity index (χ0n) is 26.0. The van der Waals surface area contributed by atoms with Crippen LogP contribution in [0.4, 0.5) is 0 Å². The van der Waals surface area contributed by atoms with Crippen molar-refractivity contribution in [3.05, 3.63) is 23.3 Å². The monoisotopic (exact) mass is 564 g/mol. The summed E-state index contributed by atoms with van der Waals surface area (Å²) in [6.45, 7) is 8.40. The fourth-order valence-corrected chi connectivity index (χ4v) is 9.69. The SMILES string of the molecule is COc1ccc2c3c1O[C@H]1[C@H](N(CC(C)C)C(=O)CCCCC4CCCCC4)CC[C@H]4[C@@H](C2)N(CC(C)=O)CC[C@@]341. The molecule has 1 aromatic carbocycles. The van der Waals surface area contributed by atoms with E-state index in [9.17, 15) is 9.59 Å². The minimum Gasteiger partial charge on any atom is -0.493 e. The maximum Gasteiger partial charge on any atom is 0.222 e. The lowest BCUT2D eigenvalue weighted by Crippen LogP contribution is -2.69. The second-order valence-corrected chi connectivity index (χ2v) is 14.3. The van der Waals surface area contributed by atoms with E-state index in [0.29, 0.717) is 36.8 Å². The van der Waals surface area contributed by atoms with Gasteiger partial charge >= 0.3 is 0 Å². The molecule has 226 valence electrons. The van der Waals surface area contributed by atoms with Crippen molar-refractivity contribution in [2.45, 2.75) is 128 Å². The van der Waals surface area contributed by atoms with E-state index in [-0.39, 0.29) is 23.3 Å². The molecule has 2 heterocycles. The first kappa shape index (κ1) is 29.0. The zero-order valence-corrected chi connectivity index (χ0v) is 26.0. The maximum atomic E-state index is 14.0. The summed E-state index contributed by atoms with van der Waals surface area (Å²) in [5.41, 5.74) is 2.59. The van der Waals surface area contributed by atoms with Gasteiger partial charge in [0.25, 0.3) is 0 Å². The van der Waals surface area contributed by atoms with Crippen LogP contribution in [0.2, 0.25) is 0 Å². The Morgan fingerprint density at radius 1 is 1.12 bits per heavy atom. The summed E-state index contributed by atoms with van der Waals surface area (Å²) in [4.78, 5) is 30.9. The van der Waals surface area contributed by atoms with E-state index < -0.39 is 0 Å². The maximum absolute atomic E-state index is 14.0. The standard InChI is InChI=1S/C35H52N2O4/c1-23(2)21-37(31(39)13-9-8-12-25-10-6-5-7-11-25)28-16-15-27-29-20-26-14-17-30(40-4)33-32(26)35(27,34(28)41-33)18-19-36(29)22-24(3)38/h14,17,23,25,27-29,34H,5-13,15-16,18-22H2,1-4H3/t27-,28+,29+,34-,35-/m0/s1. The van der Waals surface area contributed by atoms with Crippen LogP contribution in [0.5, 0.6) is 11.5 Å². The van der Waals surface area contributed by atoms with E-state index in [4.69, 9.17) is 9.47 Å². The topological polar surface area (TPSA) is 59.1 Å². The molecule has 3 aliphatic carbocycles. The minimum absolute atomic E-state index is 0.0569. The Labute approximate surface area is 247 Å². The third-order valence-electron chi connectivity index (χ3n) is 11.3. The van der Waals surface area contributed by atoms with Crippen molar-refractivity contribution in [2.24, 2.45) is 17.8 Å². The number of piperidine rings is 1. The zero-order chi connectivity index (χ0) is 28.7. The summed E-state index contributed by atoms with van der Waals surface area (Å²) in [5, 5.41) is 0. The first-order valence-electron chi connectivity index (χ1n) is 16.7. The Balaban J connectivity index is 1.27. The third-order valence-corrected chi connectivity index (χ3v) is 11.3. The van der Waals surface area contributed by atoms with Gasteiger partial charge in [-0.3, -0.25) is 14.5 Å². The van der Waals surface area contributed by atoms with E-state index in [1.165, 1.54) is 56.1 Å². The van der Waals surface area contributed by atoms with Crippen LogP contribution in [-0.4, -0.2) is 66.4 Å². The van der Waals surface area contributed by atoms with Crippen molar-refractivity contribution in [1.29, 1.82) is 0 Å². The van der Waals surface area contributed by atoms with E-state index in [0.717, 1.165) is 62.6 Å². The van der Waals surface area contributed by atoms with Crippen LogP contribution in [0.1, 0.15) is 109 Å². The minimum atomic E-state index is -0.116. The van der Waals surface area contributed by atoms with Gasteiger partial charge in [-0.15, -0.1) is 0 Å². The highest BCUT2D eigenvalue weighted by Crippen LogP contribution is 2.64. The number of carbonyl (C=O) groups is 2. The summed E-state index contributed by atoms with van der Waals surface area (Å²) in [6, 6.07) is 4.72. The first-order chi connectivity index (χ1) is 19.8. The Morgan fingerprint density at radius 3 is 2.66 bits per heavy atom. The van der Waals surface area contributed by atoms with Gasteiger partial charge in [0.1, 0.15) is 11.9 Å². The summed E-state index contributed by atoms with van der Waals surface area (Å²) in [6.07, 6.45) is 15.0. The van der Waals surface area contributed by atoms with Gasteiger partial charge in [0, 0.05) is 30.0 Å². The molecule has 3 fully saturated rings. The normalized spacial score (nSPS) is 30.6. The number of Topliss-reactive ketones (excluding diaryl/α,β-unsaturated/α-hetero) is 1. The number of ketones is 1. The lowest BCUT2D eigenvalue weighted by atomic mass is 9.51. The number of hydrogen-bond acceptors (Lipinski definition) is 5. The Kier molecular flexibility index (Phi) is 8.42. The van der Waals surface area contributed by atoms with Gasteiger partial charge in [0.15, 0.2) is 11.5 Å². The Bertz CT molecular complexity index is 1130. The Morgan fingerprint density at radius 2 is 1.93 bits per heavy atom. The number of benzene rings is 1. The van der Waals surface area contributed by atoms with Crippen molar-refractivity contribution >= 4 is 11.7 Å². The van der Waals surface area contributed by atoms with Crippen LogP contribution in [0, 0.1) is 17.8 Å². The number of nitrogens with zero attached hydrogens (tertiary/aromatic N) is 2. The molecule has 6 nitrogen and oxygen atoms in total. The Hall–Kier alpha value is -2.08. The smallest absolute Gasteiger partial charge is 0.222 e. The number of amides is 1. The molecule has 0 unspecified atom stereocenters. The van der Waals surface area contributed by atoms with E-state index >= 15 is 0 Å². The molecule has 0 radical (unpaired) electrons. The number of likely N-dealkylation sites (tertiary alicyclic amines) is 1. The predicted octanol–water partition coefficient (Wildman–Crippen LogP) is 6.32. The van der Waals surface area contributed by atoms with Crippen molar-refractivity contribution < 1.29 is 19.1 Å². The predicted molar refractivity (Wildman–Crippen MR) is 162 cm³/mol. The van der Waals surface area contributed by atoms with E-state index in [1.54, 1.807) is 14.0 Å². The molecule has 6 rings (SSSR count). The van der Waals surface area contributed by atoms with Gasteiger partial charge in [-0.25, -0.2) is 0 Å². The largest absolute Gasteiger partial charge is 0.493 e. The van der Waals surface area contributed by atoms with Crippen LogP contribution < -0.4 is 9.47 Å². The molecule has 0 N–H and O–H groups in total. The van der Waals surface area contributed by atoms with Crippen molar-refractivity contribution in [1.82, 2.24) is 9.80 Å². The molecule has 1 saturated heterocycles. The molecule has 5 aliphatic rings. The van der Waals surface area contributed by atoms with E-state index in [1.807, 2.05) is 0 Å². The van der Waals surface area contributed by atoms with Gasteiger partial charge in [-0.05, 0) is 75.0 Å². The molecular weight excluding hydrogens is 512 g/mol. The molecule has 2 saturated carbocycles. The van der Waals surface area contributed by atoms with E-state index in [2.05, 4.69) is 35.8 Å². The van der Waals surface area contributed by atoms with Crippen LogP contribution >= 0.6 is 0 Å². The number of methoxy groups -OCH3 is 1. The highest BCUT2D eigenvalue weighted by atomic mass is 16.5. The highest BCUT2D eigenvalue weighted by molar-refractivity contribution is 5.78. The molecule has 0 aromatic heterocycles. The molecule has 2 bridgehead atoms. The molecule has 1 spiro atoms. The molecule has 6 heteroatoms. The van der Waals surface area contributed by atoms with Crippen molar-refractivity contribution in [3.63, 3.8) is 0 Å². The summed E-state index contributed by atoms with van der Waals surface area (Å²) < 4.78 is 12.9. The van der Waals surface area contributed by atoms with Crippen LogP contribution in [0.25, 0.3) is 0 Å². The highest BCUT2D eigenvalue weighted by Gasteiger charge is 2.66. The second kappa shape index (κ2) is 11.9. The molecular formula is C35H52N2O4. The van der Waals surface area contributed by atoms with Gasteiger partial charge in [0.05, 0.1) is 19.7 Å². The number of carbonyl (C=O) groups excluding carboxylic acids is 2. The lowest BCUT2D eigenvalue weighted by Gasteiger charge is -2.60. The number of ether oxygens (including phenoxy) is 2. The first-order valence-corrected chi connectivity index (χ1v) is 16.7. The third kappa shape index (κ3) is 5.21. The van der Waals surface area contributed by atoms with Gasteiger partial charge in [0.2, 0.25) is 5.91 Å². The van der Waals surface area contributed by atoms with Crippen molar-refractivity contribution in [3.8, 4) is 11.5 Å². The fraction of sp³-hybridized carbons (Fsp3) is 0.771. The number of rotatable bonds is 11. The van der Waals surface area contributed by atoms with Gasteiger partial charge < -0.3 is 14.4 Å². The molecule has 5 atom stereocenters. The quantitative estimate of drug-likeness (QED) is 0.295. The van der Waals surface area contributed by atoms with Crippen LogP contribution in [-0.2, 0) is 21.4 Å². The molecule has 2 aliphatic heterocycles. The summed E-state index contributed by atoms with van der Waals surface area (Å²) in [5.74, 6) is 4.02. The van der Waals surface area contributed by atoms with Gasteiger partial charge in [-0.1, -0.05) is 64.9 Å². The summed E-state index contributed by atoms with van der Waals surface area (Å²) >= 11 is 0. The molecule has 41 heavy (non-hydrogen) atoms. The number of unbranched alkanes of at least 4 members (excludes halogenated alkanes) is 1. The van der Waals surface area contributed by atoms with Crippen molar-refractivity contribution in [2.75, 3.05) is 26.7 Å². The lowest BCUT2D eigenvalue weighted by molar-refractivity contribution is -0.144. The second-order valence-electron chi connectivity index (χ2n) is 14.3. The molecule has 1 amide bonds.